The summed E-state index contributed by atoms with van der Waals surface area (Å²) in [5.41, 5.74) is 2.01. The van der Waals surface area contributed by atoms with Crippen LogP contribution in [0, 0.1) is 5.82 Å². The van der Waals surface area contributed by atoms with Gasteiger partial charge in [-0.05, 0) is 83.8 Å². The Hall–Kier alpha value is -2.35. The van der Waals surface area contributed by atoms with Gasteiger partial charge in [0.05, 0.1) is 12.3 Å². The molecule has 1 N–H and O–H groups in total. The SMILES string of the molecule is CCCCOc1ccc(C(O)N(C)c2ccc(N3CCC(N(C)CCCN(C)C)C3)c(F)c2)cc1. The highest BCUT2D eigenvalue weighted by molar-refractivity contribution is 5.58. The largest absolute Gasteiger partial charge is 0.494 e. The molecule has 0 bridgehead atoms. The van der Waals surface area contributed by atoms with Gasteiger partial charge in [0.25, 0.3) is 0 Å². The van der Waals surface area contributed by atoms with E-state index in [1.54, 1.807) is 11.9 Å². The highest BCUT2D eigenvalue weighted by Crippen LogP contribution is 2.31. The number of rotatable bonds is 13. The number of hydrogen-bond donors (Lipinski definition) is 1. The van der Waals surface area contributed by atoms with Crippen molar-refractivity contribution in [2.45, 2.75) is 44.9 Å². The molecule has 1 heterocycles. The van der Waals surface area contributed by atoms with Crippen LogP contribution in [0.3, 0.4) is 0 Å². The molecule has 1 aliphatic heterocycles. The Morgan fingerprint density at radius 3 is 2.46 bits per heavy atom. The lowest BCUT2D eigenvalue weighted by Gasteiger charge is -2.28. The van der Waals surface area contributed by atoms with E-state index in [-0.39, 0.29) is 5.82 Å². The van der Waals surface area contributed by atoms with Crippen molar-refractivity contribution in [1.82, 2.24) is 9.80 Å². The number of likely N-dealkylation sites (N-methyl/N-ethyl adjacent to an activating group) is 1. The van der Waals surface area contributed by atoms with E-state index in [1.807, 2.05) is 36.4 Å². The van der Waals surface area contributed by atoms with Gasteiger partial charge in [0, 0.05) is 37.4 Å². The number of hydrogen-bond acceptors (Lipinski definition) is 6. The molecule has 0 saturated carbocycles. The third-order valence-corrected chi connectivity index (χ3v) is 6.89. The van der Waals surface area contributed by atoms with Gasteiger partial charge in [0.15, 0.2) is 6.23 Å². The summed E-state index contributed by atoms with van der Waals surface area (Å²) in [7, 11) is 8.14. The van der Waals surface area contributed by atoms with Crippen molar-refractivity contribution in [3.8, 4) is 5.75 Å². The third kappa shape index (κ3) is 7.56. The topological polar surface area (TPSA) is 42.4 Å². The van der Waals surface area contributed by atoms with Gasteiger partial charge in [0.1, 0.15) is 11.6 Å². The summed E-state index contributed by atoms with van der Waals surface area (Å²) in [6.45, 7) is 6.63. The van der Waals surface area contributed by atoms with Crippen LogP contribution in [0.4, 0.5) is 15.8 Å². The first-order valence-corrected chi connectivity index (χ1v) is 12.8. The zero-order chi connectivity index (χ0) is 25.4. The zero-order valence-corrected chi connectivity index (χ0v) is 22.1. The second kappa shape index (κ2) is 13.1. The summed E-state index contributed by atoms with van der Waals surface area (Å²) in [4.78, 5) is 8.43. The van der Waals surface area contributed by atoms with Gasteiger partial charge in [-0.3, -0.25) is 0 Å². The molecule has 2 unspecified atom stereocenters. The highest BCUT2D eigenvalue weighted by atomic mass is 19.1. The molecular formula is C28H43FN4O2. The van der Waals surface area contributed by atoms with Crippen molar-refractivity contribution in [1.29, 1.82) is 0 Å². The summed E-state index contributed by atoms with van der Waals surface area (Å²) in [6.07, 6.45) is 3.39. The Morgan fingerprint density at radius 1 is 1.06 bits per heavy atom. The summed E-state index contributed by atoms with van der Waals surface area (Å²) < 4.78 is 20.9. The van der Waals surface area contributed by atoms with Crippen LogP contribution in [0.25, 0.3) is 0 Å². The van der Waals surface area contributed by atoms with Crippen molar-refractivity contribution in [2.24, 2.45) is 0 Å². The van der Waals surface area contributed by atoms with Crippen LogP contribution in [0.15, 0.2) is 42.5 Å². The average molecular weight is 487 g/mol. The van der Waals surface area contributed by atoms with Crippen molar-refractivity contribution in [3.63, 3.8) is 0 Å². The predicted octanol–water partition coefficient (Wildman–Crippen LogP) is 4.59. The molecule has 0 amide bonds. The molecule has 3 rings (SSSR count). The molecule has 1 aliphatic rings. The van der Waals surface area contributed by atoms with Crippen LogP contribution in [0.5, 0.6) is 5.75 Å². The van der Waals surface area contributed by atoms with Gasteiger partial charge >= 0.3 is 0 Å². The fraction of sp³-hybridized carbons (Fsp3) is 0.571. The number of aliphatic hydroxyl groups excluding tert-OH is 1. The molecular weight excluding hydrogens is 443 g/mol. The minimum atomic E-state index is -0.878. The van der Waals surface area contributed by atoms with Gasteiger partial charge in [-0.1, -0.05) is 25.5 Å². The lowest BCUT2D eigenvalue weighted by atomic mass is 10.1. The Kier molecular flexibility index (Phi) is 10.2. The van der Waals surface area contributed by atoms with E-state index in [2.05, 4.69) is 42.8 Å². The molecule has 1 saturated heterocycles. The average Bonchev–Trinajstić information content (AvgIpc) is 3.33. The Morgan fingerprint density at radius 2 is 1.80 bits per heavy atom. The van der Waals surface area contributed by atoms with Gasteiger partial charge in [-0.25, -0.2) is 4.39 Å². The molecule has 2 atom stereocenters. The van der Waals surface area contributed by atoms with Crippen molar-refractivity contribution < 1.29 is 14.2 Å². The minimum absolute atomic E-state index is 0.253. The van der Waals surface area contributed by atoms with E-state index >= 15 is 4.39 Å². The van der Waals surface area contributed by atoms with Gasteiger partial charge in [-0.15, -0.1) is 0 Å². The fourth-order valence-electron chi connectivity index (χ4n) is 4.55. The highest BCUT2D eigenvalue weighted by Gasteiger charge is 2.27. The maximum Gasteiger partial charge on any atom is 0.153 e. The Labute approximate surface area is 210 Å². The smallest absolute Gasteiger partial charge is 0.153 e. The Balaban J connectivity index is 1.58. The van der Waals surface area contributed by atoms with Crippen LogP contribution in [-0.2, 0) is 0 Å². The summed E-state index contributed by atoms with van der Waals surface area (Å²) >= 11 is 0. The van der Waals surface area contributed by atoms with Gasteiger partial charge < -0.3 is 29.4 Å². The van der Waals surface area contributed by atoms with Crippen LogP contribution < -0.4 is 14.5 Å². The third-order valence-electron chi connectivity index (χ3n) is 6.89. The first kappa shape index (κ1) is 27.2. The summed E-state index contributed by atoms with van der Waals surface area (Å²) in [5.74, 6) is 0.539. The first-order chi connectivity index (χ1) is 16.8. The second-order valence-electron chi connectivity index (χ2n) is 9.92. The van der Waals surface area contributed by atoms with Crippen molar-refractivity contribution >= 4 is 11.4 Å². The number of ether oxygens (including phenoxy) is 1. The number of aliphatic hydroxyl groups is 1. The lowest BCUT2D eigenvalue weighted by molar-refractivity contribution is 0.178. The zero-order valence-electron chi connectivity index (χ0n) is 22.1. The summed E-state index contributed by atoms with van der Waals surface area (Å²) in [6, 6.07) is 13.1. The maximum absolute atomic E-state index is 15.2. The number of halogens is 1. The standard InChI is InChI=1S/C28H43FN4O2/c1-6-7-19-35-25-12-9-22(10-13-25)28(34)32(5)23-11-14-27(26(29)20-23)33-18-15-24(21-33)31(4)17-8-16-30(2)3/h9-14,20,24,28,34H,6-8,15-19,21H2,1-5H3. The van der Waals surface area contributed by atoms with E-state index in [1.165, 1.54) is 6.07 Å². The molecule has 0 spiro atoms. The van der Waals surface area contributed by atoms with Crippen LogP contribution in [-0.4, -0.2) is 81.9 Å². The number of anilines is 2. The predicted molar refractivity (Wildman–Crippen MR) is 143 cm³/mol. The molecule has 6 nitrogen and oxygen atoms in total. The van der Waals surface area contributed by atoms with E-state index in [0.29, 0.717) is 24.0 Å². The van der Waals surface area contributed by atoms with E-state index < -0.39 is 6.23 Å². The van der Waals surface area contributed by atoms with Crippen LogP contribution in [0.2, 0.25) is 0 Å². The molecule has 35 heavy (non-hydrogen) atoms. The molecule has 0 aromatic heterocycles. The first-order valence-electron chi connectivity index (χ1n) is 12.8. The monoisotopic (exact) mass is 486 g/mol. The van der Waals surface area contributed by atoms with Crippen LogP contribution >= 0.6 is 0 Å². The molecule has 0 radical (unpaired) electrons. The summed E-state index contributed by atoms with van der Waals surface area (Å²) in [5, 5.41) is 10.9. The molecule has 2 aromatic carbocycles. The van der Waals surface area contributed by atoms with Crippen molar-refractivity contribution in [3.05, 3.63) is 53.8 Å². The van der Waals surface area contributed by atoms with Gasteiger partial charge in [-0.2, -0.15) is 0 Å². The molecule has 7 heteroatoms. The van der Waals surface area contributed by atoms with E-state index in [9.17, 15) is 5.11 Å². The lowest BCUT2D eigenvalue weighted by Crippen LogP contribution is -2.36. The van der Waals surface area contributed by atoms with Crippen molar-refractivity contribution in [2.75, 3.05) is 70.8 Å². The number of benzene rings is 2. The maximum atomic E-state index is 15.2. The normalized spacial score (nSPS) is 16.8. The second-order valence-corrected chi connectivity index (χ2v) is 9.92. The minimum Gasteiger partial charge on any atom is -0.494 e. The molecule has 2 aromatic rings. The fourth-order valence-corrected chi connectivity index (χ4v) is 4.55. The number of nitrogens with zero attached hydrogens (tertiary/aromatic N) is 4. The van der Waals surface area contributed by atoms with Gasteiger partial charge in [0.2, 0.25) is 0 Å². The quantitative estimate of drug-likeness (QED) is 0.330. The van der Waals surface area contributed by atoms with E-state index in [0.717, 1.165) is 63.2 Å². The molecule has 194 valence electrons. The molecule has 1 fully saturated rings. The molecule has 0 aliphatic carbocycles. The van der Waals surface area contributed by atoms with Crippen LogP contribution in [0.1, 0.15) is 44.4 Å². The number of unbranched alkanes of at least 4 members (excludes halogenated alkanes) is 1. The van der Waals surface area contributed by atoms with E-state index in [4.69, 9.17) is 4.74 Å². The Bertz CT molecular complexity index is 908.